The van der Waals surface area contributed by atoms with Gasteiger partial charge in [-0.3, -0.25) is 9.59 Å². The van der Waals surface area contributed by atoms with Gasteiger partial charge in [-0.2, -0.15) is 0 Å². The van der Waals surface area contributed by atoms with Crippen molar-refractivity contribution in [2.75, 3.05) is 14.2 Å². The zero-order valence-electron chi connectivity index (χ0n) is 16.1. The van der Waals surface area contributed by atoms with Crippen molar-refractivity contribution in [3.05, 3.63) is 47.4 Å². The van der Waals surface area contributed by atoms with Crippen LogP contribution in [0.4, 0.5) is 0 Å². The Morgan fingerprint density at radius 3 is 2.71 bits per heavy atom. The summed E-state index contributed by atoms with van der Waals surface area (Å²) in [5.41, 5.74) is 1.32. The quantitative estimate of drug-likeness (QED) is 0.828. The molecular formula is C20H22N2O5S. The fraction of sp³-hybridized carbons (Fsp3) is 0.400. The molecule has 1 fully saturated rings. The molecule has 0 radical (unpaired) electrons. The van der Waals surface area contributed by atoms with Gasteiger partial charge in [-0.05, 0) is 32.0 Å². The van der Waals surface area contributed by atoms with Crippen LogP contribution in [0.5, 0.6) is 11.5 Å². The average molecular weight is 402 g/mol. The number of methoxy groups -OCH3 is 2. The first kappa shape index (κ1) is 18.7. The third-order valence-corrected chi connectivity index (χ3v) is 6.70. The van der Waals surface area contributed by atoms with Crippen LogP contribution in [0, 0.1) is 0 Å². The van der Waals surface area contributed by atoms with Crippen molar-refractivity contribution in [1.29, 1.82) is 0 Å². The zero-order valence-corrected chi connectivity index (χ0v) is 17.0. The number of amides is 2. The summed E-state index contributed by atoms with van der Waals surface area (Å²) in [7, 11) is 3.05. The molecule has 2 aliphatic rings. The Kier molecular flexibility index (Phi) is 4.53. The highest BCUT2D eigenvalue weighted by atomic mass is 32.2. The first-order valence-corrected chi connectivity index (χ1v) is 9.82. The van der Waals surface area contributed by atoms with Gasteiger partial charge in [0.2, 0.25) is 5.91 Å². The predicted octanol–water partition coefficient (Wildman–Crippen LogP) is 2.96. The minimum atomic E-state index is -0.618. The van der Waals surface area contributed by atoms with E-state index >= 15 is 0 Å². The van der Waals surface area contributed by atoms with Crippen molar-refractivity contribution in [3.8, 4) is 11.5 Å². The topological polar surface area (TPSA) is 81.0 Å². The monoisotopic (exact) mass is 402 g/mol. The molecular weight excluding hydrogens is 380 g/mol. The zero-order chi connectivity index (χ0) is 20.1. The van der Waals surface area contributed by atoms with Gasteiger partial charge in [-0.1, -0.05) is 6.07 Å². The molecule has 0 bridgehead atoms. The molecule has 148 valence electrons. The predicted molar refractivity (Wildman–Crippen MR) is 104 cm³/mol. The van der Waals surface area contributed by atoms with E-state index in [0.717, 1.165) is 5.56 Å². The number of hydrogen-bond acceptors (Lipinski definition) is 6. The Bertz CT molecular complexity index is 925. The molecule has 28 heavy (non-hydrogen) atoms. The van der Waals surface area contributed by atoms with Crippen molar-refractivity contribution in [1.82, 2.24) is 10.2 Å². The number of carbonyl (C=O) groups is 2. The van der Waals surface area contributed by atoms with E-state index in [4.69, 9.17) is 13.9 Å². The summed E-state index contributed by atoms with van der Waals surface area (Å²) in [4.78, 5) is 28.1. The molecule has 2 amide bonds. The van der Waals surface area contributed by atoms with Gasteiger partial charge < -0.3 is 24.1 Å². The van der Waals surface area contributed by atoms with Crippen LogP contribution in [-0.2, 0) is 11.3 Å². The maximum Gasteiger partial charge on any atom is 0.260 e. The number of hydrogen-bond donors (Lipinski definition) is 1. The van der Waals surface area contributed by atoms with E-state index in [1.165, 1.54) is 14.2 Å². The molecule has 2 atom stereocenters. The van der Waals surface area contributed by atoms with Crippen LogP contribution in [0.25, 0.3) is 0 Å². The number of nitrogens with one attached hydrogen (secondary N) is 1. The van der Waals surface area contributed by atoms with Crippen LogP contribution in [-0.4, -0.2) is 41.7 Å². The molecule has 1 aromatic carbocycles. The summed E-state index contributed by atoms with van der Waals surface area (Å²) in [6, 6.07) is 6.63. The van der Waals surface area contributed by atoms with Gasteiger partial charge in [-0.15, -0.1) is 11.8 Å². The van der Waals surface area contributed by atoms with Crippen molar-refractivity contribution in [2.45, 2.75) is 36.6 Å². The van der Waals surface area contributed by atoms with Crippen molar-refractivity contribution < 1.29 is 23.5 Å². The van der Waals surface area contributed by atoms with Crippen molar-refractivity contribution >= 4 is 23.6 Å². The maximum atomic E-state index is 13.3. The molecule has 0 saturated carbocycles. The smallest absolute Gasteiger partial charge is 0.260 e. The van der Waals surface area contributed by atoms with Crippen LogP contribution in [0.1, 0.15) is 40.9 Å². The van der Waals surface area contributed by atoms with Crippen LogP contribution >= 0.6 is 11.8 Å². The summed E-state index contributed by atoms with van der Waals surface area (Å²) in [5.74, 6) is 1.15. The number of carbonyl (C=O) groups excluding carboxylic acids is 2. The molecule has 0 unspecified atom stereocenters. The molecule has 1 aromatic heterocycles. The van der Waals surface area contributed by atoms with Gasteiger partial charge in [0, 0.05) is 10.3 Å². The molecule has 7 nitrogen and oxygen atoms in total. The summed E-state index contributed by atoms with van der Waals surface area (Å²) in [6.45, 7) is 4.25. The van der Waals surface area contributed by atoms with E-state index in [9.17, 15) is 9.59 Å². The number of ether oxygens (including phenoxy) is 2. The van der Waals surface area contributed by atoms with Gasteiger partial charge >= 0.3 is 0 Å². The van der Waals surface area contributed by atoms with Gasteiger partial charge in [-0.25, -0.2) is 0 Å². The highest BCUT2D eigenvalue weighted by Gasteiger charge is 2.58. The molecule has 2 aliphatic heterocycles. The van der Waals surface area contributed by atoms with E-state index in [-0.39, 0.29) is 23.7 Å². The number of fused-ring (bicyclic) bond motifs is 3. The second kappa shape index (κ2) is 6.77. The fourth-order valence-electron chi connectivity index (χ4n) is 3.94. The third kappa shape index (κ3) is 2.74. The van der Waals surface area contributed by atoms with Crippen LogP contribution in [0.2, 0.25) is 0 Å². The lowest BCUT2D eigenvalue weighted by molar-refractivity contribution is -0.126. The van der Waals surface area contributed by atoms with Gasteiger partial charge in [0.15, 0.2) is 11.5 Å². The molecule has 8 heteroatoms. The normalized spacial score (nSPS) is 22.0. The van der Waals surface area contributed by atoms with E-state index in [2.05, 4.69) is 5.32 Å². The van der Waals surface area contributed by atoms with Gasteiger partial charge in [0.1, 0.15) is 17.2 Å². The van der Waals surface area contributed by atoms with Crippen LogP contribution in [0.3, 0.4) is 0 Å². The Balaban J connectivity index is 1.67. The Hall–Kier alpha value is -2.61. The van der Waals surface area contributed by atoms with E-state index in [1.54, 1.807) is 41.1 Å². The standard InChI is InChI=1S/C20H22N2O5S/c1-20(2)16(17(23)21-10-11-6-5-9-27-11)22-18(24)14-12(19(22)28-20)7-8-13(25-3)15(14)26-4/h5-9,16,19H,10H2,1-4H3,(H,21,23)/t16-,19+/m1/s1. The lowest BCUT2D eigenvalue weighted by Crippen LogP contribution is -2.52. The molecule has 0 spiro atoms. The molecule has 2 aromatic rings. The SMILES string of the molecule is COc1ccc2c(c1OC)C(=O)N1[C@H]2SC(C)(C)[C@H]1C(=O)NCc1ccco1. The molecule has 4 rings (SSSR count). The van der Waals surface area contributed by atoms with Gasteiger partial charge in [0.05, 0.1) is 32.6 Å². The molecule has 0 aliphatic carbocycles. The molecule has 3 heterocycles. The Morgan fingerprint density at radius 1 is 1.29 bits per heavy atom. The number of thioether (sulfide) groups is 1. The number of nitrogens with zero attached hydrogens (tertiary/aromatic N) is 1. The number of benzene rings is 1. The van der Waals surface area contributed by atoms with E-state index < -0.39 is 10.8 Å². The largest absolute Gasteiger partial charge is 0.493 e. The maximum absolute atomic E-state index is 13.3. The highest BCUT2D eigenvalue weighted by Crippen LogP contribution is 2.58. The minimum Gasteiger partial charge on any atom is -0.493 e. The molecule has 1 N–H and O–H groups in total. The Labute approximate surface area is 167 Å². The van der Waals surface area contributed by atoms with Gasteiger partial charge in [0.25, 0.3) is 5.91 Å². The first-order chi connectivity index (χ1) is 13.4. The second-order valence-electron chi connectivity index (χ2n) is 7.25. The van der Waals surface area contributed by atoms with Crippen LogP contribution < -0.4 is 14.8 Å². The van der Waals surface area contributed by atoms with Crippen LogP contribution in [0.15, 0.2) is 34.9 Å². The number of rotatable bonds is 5. The third-order valence-electron chi connectivity index (χ3n) is 5.16. The van der Waals surface area contributed by atoms with E-state index in [1.807, 2.05) is 19.9 Å². The second-order valence-corrected chi connectivity index (χ2v) is 8.99. The summed E-state index contributed by atoms with van der Waals surface area (Å²) in [6.07, 6.45) is 1.56. The lowest BCUT2D eigenvalue weighted by Gasteiger charge is -2.29. The minimum absolute atomic E-state index is 0.205. The average Bonchev–Trinajstić information content (AvgIpc) is 3.34. The lowest BCUT2D eigenvalue weighted by atomic mass is 10.0. The Morgan fingerprint density at radius 2 is 2.07 bits per heavy atom. The van der Waals surface area contributed by atoms with Crippen molar-refractivity contribution in [2.24, 2.45) is 0 Å². The first-order valence-electron chi connectivity index (χ1n) is 8.94. The summed E-state index contributed by atoms with van der Waals surface area (Å²) >= 11 is 1.60. The van der Waals surface area contributed by atoms with Crippen molar-refractivity contribution in [3.63, 3.8) is 0 Å². The molecule has 1 saturated heterocycles. The highest BCUT2D eigenvalue weighted by molar-refractivity contribution is 8.01. The van der Waals surface area contributed by atoms with E-state index in [0.29, 0.717) is 22.8 Å². The summed E-state index contributed by atoms with van der Waals surface area (Å²) < 4.78 is 15.6. The summed E-state index contributed by atoms with van der Waals surface area (Å²) in [5, 5.41) is 2.66. The fourth-order valence-corrected chi connectivity index (χ4v) is 5.52. The number of furan rings is 1.